The van der Waals surface area contributed by atoms with E-state index in [1.165, 1.54) is 0 Å². The summed E-state index contributed by atoms with van der Waals surface area (Å²) < 4.78 is 0.414. The van der Waals surface area contributed by atoms with Crippen LogP contribution < -0.4 is 5.11 Å². The molecule has 0 aliphatic heterocycles. The summed E-state index contributed by atoms with van der Waals surface area (Å²) >= 11 is 1.93. The molecule has 3 saturated carbocycles. The first-order chi connectivity index (χ1) is 6.13. The molecule has 3 aliphatic rings. The molecule has 0 aromatic heterocycles. The van der Waals surface area contributed by atoms with Crippen molar-refractivity contribution < 1.29 is 9.90 Å². The zero-order valence-corrected chi connectivity index (χ0v) is 8.78. The first-order valence-corrected chi connectivity index (χ1v) is 6.12. The quantitative estimate of drug-likeness (QED) is 0.670. The van der Waals surface area contributed by atoms with E-state index in [-0.39, 0.29) is 0 Å². The van der Waals surface area contributed by atoms with E-state index in [0.29, 0.717) is 4.75 Å². The van der Waals surface area contributed by atoms with Crippen LogP contribution in [-0.4, -0.2) is 17.0 Å². The van der Waals surface area contributed by atoms with Crippen LogP contribution in [0.15, 0.2) is 0 Å². The van der Waals surface area contributed by atoms with Gasteiger partial charge in [-0.1, -0.05) is 0 Å². The molecule has 0 heterocycles. The number of fused-ring (bicyclic) bond motifs is 3. The zero-order chi connectivity index (χ0) is 9.53. The Labute approximate surface area is 83.1 Å². The van der Waals surface area contributed by atoms with Gasteiger partial charge in [0.1, 0.15) is 0 Å². The number of rotatable bonds is 2. The summed E-state index contributed by atoms with van der Waals surface area (Å²) in [7, 11) is 0. The van der Waals surface area contributed by atoms with E-state index in [2.05, 4.69) is 6.26 Å². The molecule has 0 unspecified atom stereocenters. The molecular weight excluding hydrogens is 184 g/mol. The Kier molecular flexibility index (Phi) is 2.10. The van der Waals surface area contributed by atoms with Crippen LogP contribution in [0.4, 0.5) is 0 Å². The lowest BCUT2D eigenvalue weighted by Gasteiger charge is -2.53. The summed E-state index contributed by atoms with van der Waals surface area (Å²) in [6, 6.07) is 0. The van der Waals surface area contributed by atoms with Crippen molar-refractivity contribution in [1.82, 2.24) is 0 Å². The molecule has 13 heavy (non-hydrogen) atoms. The first-order valence-electron chi connectivity index (χ1n) is 4.89. The molecule has 0 aromatic rings. The average Bonchev–Trinajstić information content (AvgIpc) is 2.20. The van der Waals surface area contributed by atoms with Crippen LogP contribution >= 0.6 is 11.8 Å². The summed E-state index contributed by atoms with van der Waals surface area (Å²) in [5.74, 6) is -0.804. The van der Waals surface area contributed by atoms with Crippen molar-refractivity contribution in [1.29, 1.82) is 0 Å². The molecule has 0 aromatic carbocycles. The van der Waals surface area contributed by atoms with E-state index < -0.39 is 11.4 Å². The van der Waals surface area contributed by atoms with Gasteiger partial charge in [-0.05, 0) is 44.8 Å². The maximum absolute atomic E-state index is 11.0. The van der Waals surface area contributed by atoms with Crippen molar-refractivity contribution in [3.8, 4) is 0 Å². The second-order valence-electron chi connectivity index (χ2n) is 4.45. The highest BCUT2D eigenvalue weighted by molar-refractivity contribution is 8.00. The molecule has 3 aliphatic carbocycles. The van der Waals surface area contributed by atoms with E-state index in [4.69, 9.17) is 0 Å². The molecule has 0 saturated heterocycles. The minimum atomic E-state index is -0.804. The SMILES string of the molecule is CSC12CCC(C(=O)[O-])(CC1)CC2. The summed E-state index contributed by atoms with van der Waals surface area (Å²) in [5.41, 5.74) is -0.447. The average molecular weight is 199 g/mol. The van der Waals surface area contributed by atoms with Crippen LogP contribution in [-0.2, 0) is 4.79 Å². The maximum atomic E-state index is 11.0. The van der Waals surface area contributed by atoms with E-state index in [1.807, 2.05) is 11.8 Å². The molecule has 74 valence electrons. The van der Waals surface area contributed by atoms with Crippen molar-refractivity contribution >= 4 is 17.7 Å². The fraction of sp³-hybridized carbons (Fsp3) is 0.900. The molecule has 0 radical (unpaired) electrons. The van der Waals surface area contributed by atoms with Crippen molar-refractivity contribution in [2.45, 2.75) is 43.3 Å². The van der Waals surface area contributed by atoms with Gasteiger partial charge >= 0.3 is 0 Å². The molecule has 2 bridgehead atoms. The number of carbonyl (C=O) groups is 1. The lowest BCUT2D eigenvalue weighted by atomic mass is 9.60. The van der Waals surface area contributed by atoms with Crippen LogP contribution in [0.25, 0.3) is 0 Å². The Morgan fingerprint density at radius 3 is 1.92 bits per heavy atom. The Hall–Kier alpha value is -0.180. The molecule has 0 atom stereocenters. The number of carbonyl (C=O) groups excluding carboxylic acids is 1. The van der Waals surface area contributed by atoms with Gasteiger partial charge in [-0.25, -0.2) is 0 Å². The van der Waals surface area contributed by atoms with Gasteiger partial charge < -0.3 is 9.90 Å². The number of hydrogen-bond donors (Lipinski definition) is 0. The number of carboxylic acids is 1. The van der Waals surface area contributed by atoms with Crippen molar-refractivity contribution in [2.75, 3.05) is 6.26 Å². The van der Waals surface area contributed by atoms with Crippen LogP contribution in [0.3, 0.4) is 0 Å². The molecule has 3 rings (SSSR count). The number of thioether (sulfide) groups is 1. The molecule has 3 fully saturated rings. The van der Waals surface area contributed by atoms with E-state index in [9.17, 15) is 9.90 Å². The van der Waals surface area contributed by atoms with Crippen LogP contribution in [0, 0.1) is 5.41 Å². The highest BCUT2D eigenvalue weighted by atomic mass is 32.2. The predicted molar refractivity (Wildman–Crippen MR) is 51.4 cm³/mol. The summed E-state index contributed by atoms with van der Waals surface area (Å²) in [5, 5.41) is 11.0. The fourth-order valence-electron chi connectivity index (χ4n) is 2.76. The minimum Gasteiger partial charge on any atom is -0.550 e. The van der Waals surface area contributed by atoms with E-state index in [0.717, 1.165) is 38.5 Å². The highest BCUT2D eigenvalue weighted by Gasteiger charge is 2.48. The molecule has 2 nitrogen and oxygen atoms in total. The van der Waals surface area contributed by atoms with Crippen molar-refractivity contribution in [3.63, 3.8) is 0 Å². The van der Waals surface area contributed by atoms with Gasteiger partial charge in [0.15, 0.2) is 0 Å². The fourth-order valence-corrected chi connectivity index (χ4v) is 3.68. The summed E-state index contributed by atoms with van der Waals surface area (Å²) in [6.07, 6.45) is 7.90. The number of carboxylic acid groups (broad SMARTS) is 1. The van der Waals surface area contributed by atoms with Gasteiger partial charge in [-0.15, -0.1) is 0 Å². The van der Waals surface area contributed by atoms with Crippen molar-refractivity contribution in [2.24, 2.45) is 5.41 Å². The zero-order valence-electron chi connectivity index (χ0n) is 7.97. The van der Waals surface area contributed by atoms with E-state index in [1.54, 1.807) is 0 Å². The number of aliphatic carboxylic acids is 1. The Bertz CT molecular complexity index is 213. The predicted octanol–water partition coefficient (Wildman–Crippen LogP) is 1.19. The number of hydrogen-bond acceptors (Lipinski definition) is 3. The highest BCUT2D eigenvalue weighted by Crippen LogP contribution is 2.56. The summed E-state index contributed by atoms with van der Waals surface area (Å²) in [4.78, 5) is 11.0. The molecule has 3 heteroatoms. The first kappa shape index (κ1) is 9.38. The molecule has 0 N–H and O–H groups in total. The Morgan fingerprint density at radius 2 is 1.62 bits per heavy atom. The Morgan fingerprint density at radius 1 is 1.15 bits per heavy atom. The van der Waals surface area contributed by atoms with Gasteiger partial charge in [0.2, 0.25) is 0 Å². The molecule has 0 spiro atoms. The second kappa shape index (κ2) is 2.91. The van der Waals surface area contributed by atoms with Crippen LogP contribution in [0.1, 0.15) is 38.5 Å². The third kappa shape index (κ3) is 1.28. The molecular formula is C10H15O2S-. The van der Waals surface area contributed by atoms with Crippen LogP contribution in [0.5, 0.6) is 0 Å². The molecule has 0 amide bonds. The monoisotopic (exact) mass is 199 g/mol. The normalized spacial score (nSPS) is 43.5. The van der Waals surface area contributed by atoms with Crippen LogP contribution in [0.2, 0.25) is 0 Å². The lowest BCUT2D eigenvalue weighted by molar-refractivity contribution is -0.323. The van der Waals surface area contributed by atoms with E-state index >= 15 is 0 Å². The topological polar surface area (TPSA) is 40.1 Å². The lowest BCUT2D eigenvalue weighted by Crippen LogP contribution is -2.52. The van der Waals surface area contributed by atoms with Crippen molar-refractivity contribution in [3.05, 3.63) is 0 Å². The van der Waals surface area contributed by atoms with Gasteiger partial charge in [-0.3, -0.25) is 0 Å². The standard InChI is InChI=1S/C10H16O2S/c1-13-10-5-2-9(3-6-10,4-7-10)8(11)12/h2-7H2,1H3,(H,11,12)/p-1. The third-order valence-electron chi connectivity index (χ3n) is 4.04. The smallest absolute Gasteiger partial charge is 0.0476 e. The summed E-state index contributed by atoms with van der Waals surface area (Å²) in [6.45, 7) is 0. The van der Waals surface area contributed by atoms with Gasteiger partial charge in [-0.2, -0.15) is 11.8 Å². The maximum Gasteiger partial charge on any atom is 0.0476 e. The third-order valence-corrected chi connectivity index (χ3v) is 5.52. The largest absolute Gasteiger partial charge is 0.550 e. The Balaban J connectivity index is 2.16. The van der Waals surface area contributed by atoms with Gasteiger partial charge in [0.25, 0.3) is 0 Å². The minimum absolute atomic E-state index is 0.414. The van der Waals surface area contributed by atoms with Gasteiger partial charge in [0, 0.05) is 16.1 Å². The van der Waals surface area contributed by atoms with Gasteiger partial charge in [0.05, 0.1) is 0 Å². The second-order valence-corrected chi connectivity index (χ2v) is 5.73.